The smallest absolute Gasteiger partial charge is 0.274 e. The summed E-state index contributed by atoms with van der Waals surface area (Å²) in [4.78, 5) is 12.0. The lowest BCUT2D eigenvalue weighted by molar-refractivity contribution is 0.0935. The van der Waals surface area contributed by atoms with Crippen molar-refractivity contribution in [3.8, 4) is 0 Å². The van der Waals surface area contributed by atoms with E-state index >= 15 is 0 Å². The number of benzene rings is 1. The van der Waals surface area contributed by atoms with Crippen molar-refractivity contribution in [3.63, 3.8) is 0 Å². The lowest BCUT2D eigenvalue weighted by atomic mass is 10.1. The van der Waals surface area contributed by atoms with Crippen molar-refractivity contribution in [1.82, 2.24) is 15.5 Å². The number of nitrogens with one attached hydrogen (secondary N) is 2. The third-order valence-corrected chi connectivity index (χ3v) is 3.16. The van der Waals surface area contributed by atoms with Crippen LogP contribution in [0.3, 0.4) is 0 Å². The van der Waals surface area contributed by atoms with E-state index in [0.29, 0.717) is 5.69 Å². The molecule has 4 N–H and O–H groups in total. The molecule has 1 amide bonds. The highest BCUT2D eigenvalue weighted by Gasteiger charge is 2.19. The van der Waals surface area contributed by atoms with Crippen molar-refractivity contribution in [2.24, 2.45) is 0 Å². The maximum Gasteiger partial charge on any atom is 0.274 e. The lowest BCUT2D eigenvalue weighted by Crippen LogP contribution is -2.35. The number of carbonyl (C=O) groups is 1. The van der Waals surface area contributed by atoms with Gasteiger partial charge < -0.3 is 11.1 Å². The highest BCUT2D eigenvalue weighted by atomic mass is 19.1. The monoisotopic (exact) mass is 294 g/mol. The van der Waals surface area contributed by atoms with E-state index in [2.05, 4.69) is 15.5 Å². The minimum atomic E-state index is -0.633. The number of nitrogens with zero attached hydrogens (tertiary/aromatic N) is 1. The van der Waals surface area contributed by atoms with Gasteiger partial charge in [0.05, 0.1) is 11.4 Å². The maximum absolute atomic E-state index is 13.5. The summed E-state index contributed by atoms with van der Waals surface area (Å²) in [5.41, 5.74) is 6.58. The summed E-state index contributed by atoms with van der Waals surface area (Å²) in [7, 11) is 0. The number of hydrogen-bond donors (Lipinski definition) is 3. The number of anilines is 1. The van der Waals surface area contributed by atoms with Gasteiger partial charge in [0.25, 0.3) is 5.91 Å². The average Bonchev–Trinajstić information content (AvgIpc) is 2.74. The van der Waals surface area contributed by atoms with Crippen LogP contribution in [0.2, 0.25) is 0 Å². The van der Waals surface area contributed by atoms with Crippen molar-refractivity contribution < 1.29 is 13.6 Å². The second kappa shape index (κ2) is 5.90. The fraction of sp³-hybridized carbons (Fsp3) is 0.286. The van der Waals surface area contributed by atoms with Gasteiger partial charge in [0.2, 0.25) is 0 Å². The number of rotatable bonds is 4. The van der Waals surface area contributed by atoms with Crippen LogP contribution in [0.1, 0.15) is 28.7 Å². The zero-order valence-electron chi connectivity index (χ0n) is 11.7. The molecule has 0 bridgehead atoms. The molecule has 112 valence electrons. The first-order chi connectivity index (χ1) is 9.90. The standard InChI is InChI=1S/C14H16F2N4O/c1-7(6-9-10(15)4-3-5-11(9)16)18-14(21)13-12(17)8(2)19-20-13/h3-5,7H,6,17H2,1-2H3,(H,18,21)(H,19,20). The van der Waals surface area contributed by atoms with E-state index in [9.17, 15) is 13.6 Å². The number of nitrogens with two attached hydrogens (primary N) is 1. The Morgan fingerprint density at radius 3 is 2.57 bits per heavy atom. The Balaban J connectivity index is 2.07. The Hall–Kier alpha value is -2.44. The van der Waals surface area contributed by atoms with Crippen molar-refractivity contribution in [3.05, 3.63) is 46.8 Å². The highest BCUT2D eigenvalue weighted by Crippen LogP contribution is 2.15. The molecule has 0 spiro atoms. The van der Waals surface area contributed by atoms with E-state index in [1.807, 2.05) is 0 Å². The van der Waals surface area contributed by atoms with Gasteiger partial charge in [-0.05, 0) is 32.4 Å². The summed E-state index contributed by atoms with van der Waals surface area (Å²) in [6.45, 7) is 3.34. The molecule has 0 aliphatic rings. The molecule has 1 unspecified atom stereocenters. The second-order valence-electron chi connectivity index (χ2n) is 4.89. The summed E-state index contributed by atoms with van der Waals surface area (Å²) < 4.78 is 27.1. The number of aryl methyl sites for hydroxylation is 1. The molecule has 21 heavy (non-hydrogen) atoms. The van der Waals surface area contributed by atoms with E-state index in [0.717, 1.165) is 0 Å². The number of carbonyl (C=O) groups excluding carboxylic acids is 1. The van der Waals surface area contributed by atoms with Crippen LogP contribution in [0.15, 0.2) is 18.2 Å². The van der Waals surface area contributed by atoms with Crippen LogP contribution in [-0.4, -0.2) is 22.1 Å². The van der Waals surface area contributed by atoms with Gasteiger partial charge in [0.1, 0.15) is 11.6 Å². The second-order valence-corrected chi connectivity index (χ2v) is 4.89. The van der Waals surface area contributed by atoms with Crippen LogP contribution < -0.4 is 11.1 Å². The normalized spacial score (nSPS) is 12.2. The largest absolute Gasteiger partial charge is 0.395 e. The van der Waals surface area contributed by atoms with Crippen LogP contribution in [0, 0.1) is 18.6 Å². The van der Waals surface area contributed by atoms with Crippen LogP contribution >= 0.6 is 0 Å². The third-order valence-electron chi connectivity index (χ3n) is 3.16. The predicted octanol–water partition coefficient (Wildman–Crippen LogP) is 1.94. The van der Waals surface area contributed by atoms with Gasteiger partial charge in [-0.1, -0.05) is 6.07 Å². The minimum Gasteiger partial charge on any atom is -0.395 e. The number of hydrogen-bond acceptors (Lipinski definition) is 3. The van der Waals surface area contributed by atoms with Crippen LogP contribution in [0.5, 0.6) is 0 Å². The molecule has 1 heterocycles. The van der Waals surface area contributed by atoms with Gasteiger partial charge >= 0.3 is 0 Å². The third kappa shape index (κ3) is 3.18. The molecule has 2 rings (SSSR count). The maximum atomic E-state index is 13.5. The van der Waals surface area contributed by atoms with Crippen molar-refractivity contribution in [2.75, 3.05) is 5.73 Å². The van der Waals surface area contributed by atoms with Crippen LogP contribution in [0.4, 0.5) is 14.5 Å². The van der Waals surface area contributed by atoms with Crippen LogP contribution in [-0.2, 0) is 6.42 Å². The first kappa shape index (κ1) is 15.0. The molecule has 7 heteroatoms. The molecule has 0 fully saturated rings. The molecular formula is C14H16F2N4O. The summed E-state index contributed by atoms with van der Waals surface area (Å²) >= 11 is 0. The number of aromatic nitrogens is 2. The zero-order chi connectivity index (χ0) is 15.6. The van der Waals surface area contributed by atoms with E-state index < -0.39 is 23.6 Å². The Morgan fingerprint density at radius 1 is 1.43 bits per heavy atom. The first-order valence-corrected chi connectivity index (χ1v) is 6.44. The minimum absolute atomic E-state index is 0.0353. The van der Waals surface area contributed by atoms with Gasteiger partial charge in [-0.2, -0.15) is 5.10 Å². The zero-order valence-corrected chi connectivity index (χ0v) is 11.7. The quantitative estimate of drug-likeness (QED) is 0.805. The van der Waals surface area contributed by atoms with Crippen molar-refractivity contribution >= 4 is 11.6 Å². The Kier molecular flexibility index (Phi) is 4.21. The molecule has 0 radical (unpaired) electrons. The number of aromatic amines is 1. The molecule has 0 saturated heterocycles. The van der Waals surface area contributed by atoms with E-state index in [-0.39, 0.29) is 23.4 Å². The van der Waals surface area contributed by atoms with Gasteiger partial charge in [-0.25, -0.2) is 8.78 Å². The molecule has 1 aromatic heterocycles. The fourth-order valence-electron chi connectivity index (χ4n) is 1.99. The molecule has 0 saturated carbocycles. The van der Waals surface area contributed by atoms with Gasteiger partial charge in [-0.3, -0.25) is 9.89 Å². The molecule has 2 aromatic rings. The fourth-order valence-corrected chi connectivity index (χ4v) is 1.99. The van der Waals surface area contributed by atoms with Crippen molar-refractivity contribution in [1.29, 1.82) is 0 Å². The van der Waals surface area contributed by atoms with E-state index in [1.54, 1.807) is 13.8 Å². The summed E-state index contributed by atoms with van der Waals surface area (Å²) in [6.07, 6.45) is 0.0353. The summed E-state index contributed by atoms with van der Waals surface area (Å²) in [5.74, 6) is -1.75. The van der Waals surface area contributed by atoms with Crippen LogP contribution in [0.25, 0.3) is 0 Å². The molecule has 0 aliphatic carbocycles. The number of H-pyrrole nitrogens is 1. The van der Waals surface area contributed by atoms with E-state index in [4.69, 9.17) is 5.73 Å². The number of halogens is 2. The summed E-state index contributed by atoms with van der Waals surface area (Å²) in [5, 5.41) is 9.02. The first-order valence-electron chi connectivity index (χ1n) is 6.44. The average molecular weight is 294 g/mol. The number of nitrogen functional groups attached to an aromatic ring is 1. The topological polar surface area (TPSA) is 83.8 Å². The molecule has 5 nitrogen and oxygen atoms in total. The summed E-state index contributed by atoms with van der Waals surface area (Å²) in [6, 6.07) is 3.19. The van der Waals surface area contributed by atoms with Gasteiger partial charge in [0, 0.05) is 11.6 Å². The van der Waals surface area contributed by atoms with E-state index in [1.165, 1.54) is 18.2 Å². The molecule has 1 atom stereocenters. The molecular weight excluding hydrogens is 278 g/mol. The Bertz CT molecular complexity index is 649. The lowest BCUT2D eigenvalue weighted by Gasteiger charge is -2.14. The SMILES string of the molecule is Cc1[nH]nc(C(=O)NC(C)Cc2c(F)cccc2F)c1N. The molecule has 1 aromatic carbocycles. The molecule has 0 aliphatic heterocycles. The number of amides is 1. The Labute approximate surface area is 120 Å². The highest BCUT2D eigenvalue weighted by molar-refractivity contribution is 5.97. The van der Waals surface area contributed by atoms with Gasteiger partial charge in [-0.15, -0.1) is 0 Å². The predicted molar refractivity (Wildman–Crippen MR) is 74.7 cm³/mol. The van der Waals surface area contributed by atoms with Gasteiger partial charge in [0.15, 0.2) is 5.69 Å². The Morgan fingerprint density at radius 2 is 2.05 bits per heavy atom. The van der Waals surface area contributed by atoms with Crippen molar-refractivity contribution in [2.45, 2.75) is 26.3 Å².